The smallest absolute Gasteiger partial charge is 0.319 e. The molecular formula is C98H108N24O11. The van der Waals surface area contributed by atoms with E-state index >= 15 is 0 Å². The van der Waals surface area contributed by atoms with E-state index in [1.807, 2.05) is 144 Å². The van der Waals surface area contributed by atoms with Gasteiger partial charge in [0.2, 0.25) is 17.7 Å². The Hall–Kier alpha value is -15.9. The highest BCUT2D eigenvalue weighted by Gasteiger charge is 2.50. The number of H-pyrrole nitrogens is 3. The first kappa shape index (κ1) is 93.3. The highest BCUT2D eigenvalue weighted by atomic mass is 16.3. The Morgan fingerprint density at radius 1 is 0.429 bits per heavy atom. The number of rotatable bonds is 35. The average molecular weight is 1800 g/mol. The van der Waals surface area contributed by atoms with Gasteiger partial charge in [0.25, 0.3) is 23.6 Å². The molecule has 13 amide bonds. The molecule has 6 heterocycles. The molecule has 0 aliphatic carbocycles. The normalized spacial score (nSPS) is 15.6. The summed E-state index contributed by atoms with van der Waals surface area (Å²) in [5, 5.41) is 69.8. The number of benzene rings is 8. The van der Waals surface area contributed by atoms with Crippen molar-refractivity contribution < 1.29 is 53.1 Å². The number of carbonyl (C=O) groups excluding carboxylic acids is 10. The lowest BCUT2D eigenvalue weighted by atomic mass is 9.93. The number of likely N-dealkylation sites (N-methyl/N-ethyl adjacent to an activating group) is 3. The van der Waals surface area contributed by atoms with Crippen molar-refractivity contribution in [2.24, 2.45) is 0 Å². The number of urea groups is 3. The van der Waals surface area contributed by atoms with Crippen LogP contribution in [-0.2, 0) is 50.6 Å². The lowest BCUT2D eigenvalue weighted by molar-refractivity contribution is -0.112. The molecule has 0 fully saturated rings. The monoisotopic (exact) mass is 1800 g/mol. The van der Waals surface area contributed by atoms with Gasteiger partial charge in [-0.1, -0.05) is 97.6 Å². The van der Waals surface area contributed by atoms with Crippen molar-refractivity contribution in [3.63, 3.8) is 0 Å². The second kappa shape index (κ2) is 41.3. The Bertz CT molecular complexity index is 6190. The zero-order valence-corrected chi connectivity index (χ0v) is 75.2. The van der Waals surface area contributed by atoms with Gasteiger partial charge in [0.05, 0.1) is 72.0 Å². The molecule has 35 nitrogen and oxygen atoms in total. The van der Waals surface area contributed by atoms with E-state index in [9.17, 15) is 53.1 Å². The lowest BCUT2D eigenvalue weighted by Gasteiger charge is -2.37. The van der Waals surface area contributed by atoms with Crippen LogP contribution < -0.4 is 63.8 Å². The molecule has 3 aliphatic heterocycles. The second-order valence-corrected chi connectivity index (χ2v) is 34.2. The van der Waals surface area contributed by atoms with E-state index in [0.29, 0.717) is 148 Å². The zero-order valence-electron chi connectivity index (χ0n) is 75.2. The fraction of sp³-hybridized carbons (Fsp3) is 0.255. The molecule has 0 saturated carbocycles. The maximum atomic E-state index is 14.8. The Morgan fingerprint density at radius 2 is 0.857 bits per heavy atom. The van der Waals surface area contributed by atoms with Crippen LogP contribution in [0.1, 0.15) is 139 Å². The fourth-order valence-electron chi connectivity index (χ4n) is 16.3. The van der Waals surface area contributed by atoms with E-state index < -0.39 is 58.2 Å². The van der Waals surface area contributed by atoms with Crippen LogP contribution in [0.15, 0.2) is 243 Å². The summed E-state index contributed by atoms with van der Waals surface area (Å²) in [7, 11) is 9.66. The predicted molar refractivity (Wildman–Crippen MR) is 511 cm³/mol. The second-order valence-electron chi connectivity index (χ2n) is 34.2. The van der Waals surface area contributed by atoms with Crippen LogP contribution in [0, 0.1) is 0 Å². The van der Waals surface area contributed by atoms with Gasteiger partial charge in [-0.25, -0.2) is 14.4 Å². The van der Waals surface area contributed by atoms with Crippen molar-refractivity contribution in [2.75, 3.05) is 122 Å². The maximum Gasteiger partial charge on any atom is 0.319 e. The van der Waals surface area contributed by atoms with Crippen molar-refractivity contribution in [2.45, 2.75) is 88.9 Å². The number of aliphatic hydroxyl groups excluding tert-OH is 1. The molecule has 133 heavy (non-hydrogen) atoms. The Morgan fingerprint density at radius 3 is 1.37 bits per heavy atom. The van der Waals surface area contributed by atoms with E-state index in [2.05, 4.69) is 101 Å². The Balaban J connectivity index is 0.571. The number of anilines is 11. The minimum absolute atomic E-state index is 0.0607. The van der Waals surface area contributed by atoms with E-state index in [4.69, 9.17) is 0 Å². The Kier molecular flexibility index (Phi) is 29.0. The van der Waals surface area contributed by atoms with Crippen LogP contribution in [0.2, 0.25) is 0 Å². The number of carbonyl (C=O) groups is 10. The number of aromatic amines is 3. The van der Waals surface area contributed by atoms with Crippen molar-refractivity contribution in [1.82, 2.24) is 75.9 Å². The van der Waals surface area contributed by atoms with E-state index in [1.54, 1.807) is 160 Å². The van der Waals surface area contributed by atoms with Crippen LogP contribution in [0.25, 0.3) is 0 Å². The Labute approximate surface area is 769 Å². The molecule has 0 bridgehead atoms. The SMILES string of the molecule is C=CC(=O)Nc1ccc(C(=O)Nc2cccc(C(=O)Nc3n[nH]c4c3CN(C(=O)N[C@H](CN(C)C)c3ccccc3)C4(C)CCN(C)C/C=C/C(=O)Nc3ccc(C(=O)Nc4cccc(Nc5n[nH]c6c5CN(C(=O)N[C@H](CO)c5ccccc5)C6(C)C/C=C\C(=O)Nc5ccc(C(=O)Nc6cccc(Nc7n[nH]c8c7CN(C(=O)NCCN(C)C)C8(C)C)c6)cc5)c4)cc3)c2)cc1. The molecular weight excluding hydrogens is 1690 g/mol. The number of nitrogens with one attached hydrogen (secondary N) is 15. The first-order chi connectivity index (χ1) is 63.9. The van der Waals surface area contributed by atoms with Gasteiger partial charge in [0.15, 0.2) is 17.5 Å². The van der Waals surface area contributed by atoms with E-state index in [0.717, 1.165) is 22.9 Å². The van der Waals surface area contributed by atoms with Gasteiger partial charge in [-0.05, 0) is 226 Å². The largest absolute Gasteiger partial charge is 0.394 e. The predicted octanol–water partition coefficient (Wildman–Crippen LogP) is 13.4. The van der Waals surface area contributed by atoms with Crippen molar-refractivity contribution in [3.05, 3.63) is 310 Å². The molecule has 0 saturated heterocycles. The van der Waals surface area contributed by atoms with Crippen LogP contribution in [0.3, 0.4) is 0 Å². The molecule has 686 valence electrons. The number of hydrogen-bond acceptors (Lipinski definition) is 19. The summed E-state index contributed by atoms with van der Waals surface area (Å²) >= 11 is 0. The third kappa shape index (κ3) is 22.4. The summed E-state index contributed by atoms with van der Waals surface area (Å²) < 4.78 is 0. The minimum Gasteiger partial charge on any atom is -0.394 e. The van der Waals surface area contributed by atoms with Crippen LogP contribution >= 0.6 is 0 Å². The quantitative estimate of drug-likeness (QED) is 0.0164. The third-order valence-electron chi connectivity index (χ3n) is 23.7. The molecule has 35 heteroatoms. The van der Waals surface area contributed by atoms with Crippen LogP contribution in [-0.4, -0.2) is 199 Å². The fourth-order valence-corrected chi connectivity index (χ4v) is 16.3. The summed E-state index contributed by atoms with van der Waals surface area (Å²) in [4.78, 5) is 148. The molecule has 4 atom stereocenters. The van der Waals surface area contributed by atoms with Gasteiger partial charge in [-0.15, -0.1) is 0 Å². The van der Waals surface area contributed by atoms with Gasteiger partial charge in [0.1, 0.15) is 0 Å². The number of amides is 13. The third-order valence-corrected chi connectivity index (χ3v) is 23.7. The number of fused-ring (bicyclic) bond motifs is 3. The van der Waals surface area contributed by atoms with Gasteiger partial charge in [-0.2, -0.15) is 15.3 Å². The number of aliphatic hydroxyl groups is 1. The first-order valence-corrected chi connectivity index (χ1v) is 43.3. The molecule has 2 unspecified atom stereocenters. The lowest BCUT2D eigenvalue weighted by Crippen LogP contribution is -2.50. The van der Waals surface area contributed by atoms with Crippen molar-refractivity contribution in [1.29, 1.82) is 0 Å². The molecule has 3 aliphatic rings. The summed E-state index contributed by atoms with van der Waals surface area (Å²) in [5.41, 5.74) is 8.11. The molecule has 16 N–H and O–H groups in total. The minimum atomic E-state index is -1.12. The molecule has 0 radical (unpaired) electrons. The highest BCUT2D eigenvalue weighted by Crippen LogP contribution is 2.47. The topological polar surface area (TPSA) is 441 Å². The summed E-state index contributed by atoms with van der Waals surface area (Å²) in [5.74, 6) is -1.84. The standard InChI is InChI=1S/C98H108N24O11/c1-11-80(124)100-67-41-35-63(36-42-67)89(127)105-70-28-18-27-66(53-70)92(130)110-88-77-58-122(94(132)108-78(59-118(8)9)61-23-14-12-15-24-61)98(5,85(77)113-116-88)48-51-119(10)50-22-34-82(126)102-69-45-39-65(40-46-69)91(129)107-74-32-20-30-72(55-74)104-87-76-57-121(95(133)109-79(60-123)62-25-16-13-17-26-62)97(4,84(76)112-115-87)47-21-33-81(125)101-68-43-37-64(38-44-68)90(128)106-73-31-19-29-71(54-73)103-86-75-56-120(93(131)99-49-52-117(6)7)96(2,3)83(75)111-114-86/h11-46,53-55,78-79,123H,1,47-52,56-60H2,2-10H3,(H,99,131)(H,100,124)(H,101,125)(H,102,126)(H,105,127)(H,106,128)(H,107,129)(H,108,132)(H,109,133)(H2,103,111,114)(H2,104,112,115)(H2,110,113,116,130)/b33-21-,34-22+/t78-,79-,97?,98?/m1/s1. The van der Waals surface area contributed by atoms with E-state index in [1.165, 1.54) is 18.2 Å². The van der Waals surface area contributed by atoms with Crippen LogP contribution in [0.5, 0.6) is 0 Å². The van der Waals surface area contributed by atoms with E-state index in [-0.39, 0.29) is 67.4 Å². The van der Waals surface area contributed by atoms with Crippen molar-refractivity contribution in [3.8, 4) is 0 Å². The molecule has 3 aromatic heterocycles. The van der Waals surface area contributed by atoms with Gasteiger partial charge < -0.3 is 98.3 Å². The van der Waals surface area contributed by atoms with Crippen molar-refractivity contribution >= 4 is 122 Å². The molecule has 0 spiro atoms. The molecule has 8 aromatic carbocycles. The molecule has 11 aromatic rings. The summed E-state index contributed by atoms with van der Waals surface area (Å²) in [6.07, 6.45) is 7.85. The average Bonchev–Trinajstić information content (AvgIpc) is 1.59. The molecule has 14 rings (SSSR count). The van der Waals surface area contributed by atoms with Crippen LogP contribution in [0.4, 0.5) is 77.3 Å². The summed E-state index contributed by atoms with van der Waals surface area (Å²) in [6.45, 7) is 13.8. The highest BCUT2D eigenvalue weighted by molar-refractivity contribution is 6.09. The number of hydrogen-bond donors (Lipinski definition) is 16. The number of nitrogens with zero attached hydrogens (tertiary/aromatic N) is 9. The first-order valence-electron chi connectivity index (χ1n) is 43.3. The van der Waals surface area contributed by atoms with Gasteiger partial charge in [0, 0.05) is 123 Å². The van der Waals surface area contributed by atoms with Gasteiger partial charge >= 0.3 is 18.1 Å². The number of aromatic nitrogens is 6. The van der Waals surface area contributed by atoms with Gasteiger partial charge in [-0.3, -0.25) is 48.9 Å². The zero-order chi connectivity index (χ0) is 94.3. The summed E-state index contributed by atoms with van der Waals surface area (Å²) in [6, 6.07) is 56.5. The maximum absolute atomic E-state index is 14.8.